The topological polar surface area (TPSA) is 79.5 Å². The van der Waals surface area contributed by atoms with Gasteiger partial charge in [0.05, 0.1) is 6.54 Å². The number of nitrogens with one attached hydrogen (secondary N) is 1. The van der Waals surface area contributed by atoms with Gasteiger partial charge in [0.15, 0.2) is 0 Å². The SMILES string of the molecule is CCC(CC)C(=O)NCc1cc(C(=O)O)c(C)o1. The molecule has 1 aromatic heterocycles. The number of carboxylic acids is 1. The average molecular weight is 253 g/mol. The molecule has 5 nitrogen and oxygen atoms in total. The van der Waals surface area contributed by atoms with Crippen molar-refractivity contribution in [3.63, 3.8) is 0 Å². The van der Waals surface area contributed by atoms with Crippen LogP contribution in [-0.2, 0) is 11.3 Å². The first-order valence-corrected chi connectivity index (χ1v) is 6.09. The van der Waals surface area contributed by atoms with E-state index in [0.717, 1.165) is 12.8 Å². The Morgan fingerprint density at radius 3 is 2.44 bits per heavy atom. The summed E-state index contributed by atoms with van der Waals surface area (Å²) in [5, 5.41) is 11.6. The van der Waals surface area contributed by atoms with Gasteiger partial charge < -0.3 is 14.8 Å². The van der Waals surface area contributed by atoms with Gasteiger partial charge in [-0.2, -0.15) is 0 Å². The second-order valence-electron chi connectivity index (χ2n) is 4.22. The zero-order valence-electron chi connectivity index (χ0n) is 10.9. The van der Waals surface area contributed by atoms with Crippen LogP contribution in [0.5, 0.6) is 0 Å². The lowest BCUT2D eigenvalue weighted by atomic mass is 10.0. The van der Waals surface area contributed by atoms with Crippen LogP contribution < -0.4 is 5.32 Å². The average Bonchev–Trinajstić information content (AvgIpc) is 2.69. The van der Waals surface area contributed by atoms with Gasteiger partial charge in [-0.25, -0.2) is 4.79 Å². The van der Waals surface area contributed by atoms with E-state index in [9.17, 15) is 9.59 Å². The first kappa shape index (κ1) is 14.3. The molecule has 1 rings (SSSR count). The first-order valence-electron chi connectivity index (χ1n) is 6.09. The maximum Gasteiger partial charge on any atom is 0.339 e. The smallest absolute Gasteiger partial charge is 0.339 e. The minimum Gasteiger partial charge on any atom is -0.478 e. The lowest BCUT2D eigenvalue weighted by molar-refractivity contribution is -0.125. The summed E-state index contributed by atoms with van der Waals surface area (Å²) in [7, 11) is 0. The third-order valence-corrected chi connectivity index (χ3v) is 2.99. The van der Waals surface area contributed by atoms with Gasteiger partial charge in [0, 0.05) is 5.92 Å². The van der Waals surface area contributed by atoms with Crippen molar-refractivity contribution in [2.45, 2.75) is 40.2 Å². The molecule has 0 aliphatic carbocycles. The fraction of sp³-hybridized carbons (Fsp3) is 0.538. The number of carbonyl (C=O) groups is 2. The van der Waals surface area contributed by atoms with Gasteiger partial charge in [-0.15, -0.1) is 0 Å². The van der Waals surface area contributed by atoms with Gasteiger partial charge in [-0.1, -0.05) is 13.8 Å². The number of hydrogen-bond donors (Lipinski definition) is 2. The lowest BCUT2D eigenvalue weighted by Crippen LogP contribution is -2.29. The highest BCUT2D eigenvalue weighted by Crippen LogP contribution is 2.15. The minimum atomic E-state index is -1.02. The highest BCUT2D eigenvalue weighted by molar-refractivity contribution is 5.88. The largest absolute Gasteiger partial charge is 0.478 e. The lowest BCUT2D eigenvalue weighted by Gasteiger charge is -2.11. The zero-order chi connectivity index (χ0) is 13.7. The molecule has 0 atom stereocenters. The van der Waals surface area contributed by atoms with E-state index in [1.165, 1.54) is 6.07 Å². The second-order valence-corrected chi connectivity index (χ2v) is 4.22. The van der Waals surface area contributed by atoms with Crippen LogP contribution in [0, 0.1) is 12.8 Å². The van der Waals surface area contributed by atoms with Crippen LogP contribution in [0.4, 0.5) is 0 Å². The van der Waals surface area contributed by atoms with Crippen LogP contribution in [0.3, 0.4) is 0 Å². The molecule has 1 amide bonds. The molecule has 0 fully saturated rings. The van der Waals surface area contributed by atoms with Gasteiger partial charge >= 0.3 is 5.97 Å². The number of hydrogen-bond acceptors (Lipinski definition) is 3. The second kappa shape index (κ2) is 6.23. The van der Waals surface area contributed by atoms with E-state index in [2.05, 4.69) is 5.32 Å². The van der Waals surface area contributed by atoms with E-state index >= 15 is 0 Å². The van der Waals surface area contributed by atoms with Crippen LogP contribution in [0.2, 0.25) is 0 Å². The standard InChI is InChI=1S/C13H19NO4/c1-4-9(5-2)12(15)14-7-10-6-11(13(16)17)8(3)18-10/h6,9H,4-5,7H2,1-3H3,(H,14,15)(H,16,17). The van der Waals surface area contributed by atoms with Crippen molar-refractivity contribution in [3.05, 3.63) is 23.2 Å². The summed E-state index contributed by atoms with van der Waals surface area (Å²) < 4.78 is 5.28. The van der Waals surface area contributed by atoms with Crippen LogP contribution in [0.15, 0.2) is 10.5 Å². The van der Waals surface area contributed by atoms with Gasteiger partial charge in [-0.3, -0.25) is 4.79 Å². The first-order chi connectivity index (χ1) is 8.49. The Balaban J connectivity index is 2.61. The molecule has 100 valence electrons. The normalized spacial score (nSPS) is 10.7. The molecule has 0 bridgehead atoms. The third kappa shape index (κ3) is 3.35. The summed E-state index contributed by atoms with van der Waals surface area (Å²) >= 11 is 0. The maximum atomic E-state index is 11.7. The molecule has 0 saturated carbocycles. The van der Waals surface area contributed by atoms with Crippen molar-refractivity contribution < 1.29 is 19.1 Å². The Morgan fingerprint density at radius 1 is 1.39 bits per heavy atom. The predicted octanol–water partition coefficient (Wildman–Crippen LogP) is 2.34. The van der Waals surface area contributed by atoms with Crippen molar-refractivity contribution in [1.29, 1.82) is 0 Å². The van der Waals surface area contributed by atoms with E-state index in [1.807, 2.05) is 13.8 Å². The molecule has 1 heterocycles. The molecule has 0 unspecified atom stereocenters. The van der Waals surface area contributed by atoms with Gasteiger partial charge in [0.2, 0.25) is 5.91 Å². The number of furan rings is 1. The zero-order valence-corrected chi connectivity index (χ0v) is 10.9. The van der Waals surface area contributed by atoms with E-state index in [0.29, 0.717) is 11.5 Å². The summed E-state index contributed by atoms with van der Waals surface area (Å²) in [6, 6.07) is 1.45. The van der Waals surface area contributed by atoms with Crippen LogP contribution in [0.1, 0.15) is 48.6 Å². The van der Waals surface area contributed by atoms with Crippen LogP contribution >= 0.6 is 0 Å². The maximum absolute atomic E-state index is 11.7. The molecule has 18 heavy (non-hydrogen) atoms. The van der Waals surface area contributed by atoms with Crippen molar-refractivity contribution in [3.8, 4) is 0 Å². The highest BCUT2D eigenvalue weighted by atomic mass is 16.4. The molecule has 1 aromatic rings. The molecule has 0 aromatic carbocycles. The number of carbonyl (C=O) groups excluding carboxylic acids is 1. The van der Waals surface area contributed by atoms with Crippen molar-refractivity contribution in [2.75, 3.05) is 0 Å². The monoisotopic (exact) mass is 253 g/mol. The fourth-order valence-electron chi connectivity index (χ4n) is 1.82. The highest BCUT2D eigenvalue weighted by Gasteiger charge is 2.16. The molecule has 0 aliphatic heterocycles. The predicted molar refractivity (Wildman–Crippen MR) is 66.3 cm³/mol. The molecule has 5 heteroatoms. The number of amides is 1. The number of carboxylic acid groups (broad SMARTS) is 1. The van der Waals surface area contributed by atoms with Crippen molar-refractivity contribution >= 4 is 11.9 Å². The quantitative estimate of drug-likeness (QED) is 0.815. The molecular weight excluding hydrogens is 234 g/mol. The van der Waals surface area contributed by atoms with Gasteiger partial charge in [0.25, 0.3) is 0 Å². The molecular formula is C13H19NO4. The Labute approximate surface area is 106 Å². The summed E-state index contributed by atoms with van der Waals surface area (Å²) in [4.78, 5) is 22.6. The third-order valence-electron chi connectivity index (χ3n) is 2.99. The molecule has 0 spiro atoms. The van der Waals surface area contributed by atoms with E-state index < -0.39 is 5.97 Å². The Kier molecular flexibility index (Phi) is 4.95. The van der Waals surface area contributed by atoms with E-state index in [1.54, 1.807) is 6.92 Å². The van der Waals surface area contributed by atoms with Gasteiger partial charge in [-0.05, 0) is 25.8 Å². The van der Waals surface area contributed by atoms with E-state index in [4.69, 9.17) is 9.52 Å². The minimum absolute atomic E-state index is 0.00000310. The Bertz CT molecular complexity index is 432. The summed E-state index contributed by atoms with van der Waals surface area (Å²) in [6.45, 7) is 5.75. The van der Waals surface area contributed by atoms with E-state index in [-0.39, 0.29) is 23.9 Å². The van der Waals surface area contributed by atoms with Crippen molar-refractivity contribution in [2.24, 2.45) is 5.92 Å². The van der Waals surface area contributed by atoms with Crippen LogP contribution in [-0.4, -0.2) is 17.0 Å². The fourth-order valence-corrected chi connectivity index (χ4v) is 1.82. The molecule has 0 aliphatic rings. The number of rotatable bonds is 6. The van der Waals surface area contributed by atoms with Gasteiger partial charge in [0.1, 0.15) is 17.1 Å². The molecule has 2 N–H and O–H groups in total. The summed E-state index contributed by atoms with van der Waals surface area (Å²) in [5.74, 6) is -0.224. The summed E-state index contributed by atoms with van der Waals surface area (Å²) in [6.07, 6.45) is 1.58. The van der Waals surface area contributed by atoms with Crippen LogP contribution in [0.25, 0.3) is 0 Å². The Hall–Kier alpha value is -1.78. The Morgan fingerprint density at radius 2 is 2.00 bits per heavy atom. The summed E-state index contributed by atoms with van der Waals surface area (Å²) in [5.41, 5.74) is 0.141. The number of aromatic carboxylic acids is 1. The number of aryl methyl sites for hydroxylation is 1. The molecule has 0 radical (unpaired) electrons. The van der Waals surface area contributed by atoms with Crippen molar-refractivity contribution in [1.82, 2.24) is 5.32 Å². The molecule has 0 saturated heterocycles.